The second kappa shape index (κ2) is 9.40. The molecule has 0 atom stereocenters. The highest BCUT2D eigenvalue weighted by molar-refractivity contribution is 7.89. The number of hydrogen-bond donors (Lipinski definition) is 1. The first-order chi connectivity index (χ1) is 14.6. The van der Waals surface area contributed by atoms with E-state index < -0.39 is 27.7 Å². The molecular formula is C22H25F3N2O3S. The smallest absolute Gasteiger partial charge is 0.348 e. The Kier molecular flexibility index (Phi) is 7.06. The van der Waals surface area contributed by atoms with Crippen LogP contribution in [-0.4, -0.2) is 31.7 Å². The van der Waals surface area contributed by atoms with E-state index in [1.165, 1.54) is 28.6 Å². The Hall–Kier alpha value is -2.39. The lowest BCUT2D eigenvalue weighted by molar-refractivity contribution is -0.137. The molecule has 5 nitrogen and oxygen atoms in total. The average Bonchev–Trinajstić information content (AvgIpc) is 3.02. The van der Waals surface area contributed by atoms with E-state index in [-0.39, 0.29) is 17.0 Å². The summed E-state index contributed by atoms with van der Waals surface area (Å²) in [6.45, 7) is 2.47. The van der Waals surface area contributed by atoms with Gasteiger partial charge in [-0.3, -0.25) is 4.79 Å². The maximum absolute atomic E-state index is 13.1. The van der Waals surface area contributed by atoms with Crippen LogP contribution in [0.15, 0.2) is 47.4 Å². The minimum absolute atomic E-state index is 0.0844. The van der Waals surface area contributed by atoms with E-state index in [2.05, 4.69) is 5.32 Å². The molecule has 0 bridgehead atoms. The molecule has 1 heterocycles. The lowest BCUT2D eigenvalue weighted by Crippen LogP contribution is -2.32. The molecular weight excluding hydrogens is 429 g/mol. The van der Waals surface area contributed by atoms with Crippen LogP contribution >= 0.6 is 0 Å². The Labute approximate surface area is 180 Å². The van der Waals surface area contributed by atoms with Gasteiger partial charge >= 0.3 is 6.18 Å². The Morgan fingerprint density at radius 1 is 1.03 bits per heavy atom. The maximum Gasteiger partial charge on any atom is 0.416 e. The van der Waals surface area contributed by atoms with Crippen molar-refractivity contribution in [3.05, 3.63) is 64.7 Å². The normalized spacial score (nSPS) is 16.0. The van der Waals surface area contributed by atoms with Crippen molar-refractivity contribution < 1.29 is 26.4 Å². The number of nitrogens with one attached hydrogen (secondary N) is 1. The number of sulfonamides is 1. The van der Waals surface area contributed by atoms with Crippen molar-refractivity contribution in [1.82, 2.24) is 9.62 Å². The summed E-state index contributed by atoms with van der Waals surface area (Å²) in [6, 6.07) is 9.14. The van der Waals surface area contributed by atoms with E-state index >= 15 is 0 Å². The lowest BCUT2D eigenvalue weighted by Gasteiger charge is -2.21. The predicted octanol–water partition coefficient (Wildman–Crippen LogP) is 4.51. The van der Waals surface area contributed by atoms with Gasteiger partial charge in [-0.25, -0.2) is 8.42 Å². The van der Waals surface area contributed by atoms with Crippen molar-refractivity contribution >= 4 is 15.9 Å². The molecule has 168 valence electrons. The topological polar surface area (TPSA) is 66.5 Å². The van der Waals surface area contributed by atoms with E-state index in [1.54, 1.807) is 13.0 Å². The fourth-order valence-corrected chi connectivity index (χ4v) is 5.35. The number of benzene rings is 2. The Morgan fingerprint density at radius 3 is 2.35 bits per heavy atom. The molecule has 0 aliphatic carbocycles. The average molecular weight is 455 g/mol. The van der Waals surface area contributed by atoms with Gasteiger partial charge in [0.1, 0.15) is 0 Å². The molecule has 2 aromatic rings. The third-order valence-corrected chi connectivity index (χ3v) is 7.38. The minimum Gasteiger partial charge on any atom is -0.348 e. The van der Waals surface area contributed by atoms with Gasteiger partial charge in [0.2, 0.25) is 10.0 Å². The zero-order valence-electron chi connectivity index (χ0n) is 17.2. The molecule has 2 aromatic carbocycles. The van der Waals surface area contributed by atoms with Gasteiger partial charge in [0.15, 0.2) is 0 Å². The minimum atomic E-state index is -4.46. The molecule has 0 unspecified atom stereocenters. The maximum atomic E-state index is 13.1. The number of aryl methyl sites for hydroxylation is 1. The van der Waals surface area contributed by atoms with Gasteiger partial charge in [-0.15, -0.1) is 0 Å². The first-order valence-corrected chi connectivity index (χ1v) is 11.6. The number of halogens is 3. The summed E-state index contributed by atoms with van der Waals surface area (Å²) in [7, 11) is -3.73. The largest absolute Gasteiger partial charge is 0.416 e. The summed E-state index contributed by atoms with van der Waals surface area (Å²) >= 11 is 0. The molecule has 1 fully saturated rings. The van der Waals surface area contributed by atoms with Crippen LogP contribution in [0.2, 0.25) is 0 Å². The Morgan fingerprint density at radius 2 is 1.71 bits per heavy atom. The van der Waals surface area contributed by atoms with Crippen molar-refractivity contribution in [3.8, 4) is 0 Å². The third kappa shape index (κ3) is 5.65. The van der Waals surface area contributed by atoms with Crippen LogP contribution in [0.25, 0.3) is 0 Å². The van der Waals surface area contributed by atoms with E-state index in [1.807, 2.05) is 0 Å². The molecule has 1 aliphatic rings. The molecule has 1 N–H and O–H groups in total. The van der Waals surface area contributed by atoms with Crippen molar-refractivity contribution in [2.45, 2.75) is 50.2 Å². The number of amides is 1. The summed E-state index contributed by atoms with van der Waals surface area (Å²) in [6.07, 6.45) is -0.884. The van der Waals surface area contributed by atoms with Crippen LogP contribution in [0.3, 0.4) is 0 Å². The molecule has 1 amide bonds. The summed E-state index contributed by atoms with van der Waals surface area (Å²) in [5.74, 6) is -0.551. The summed E-state index contributed by atoms with van der Waals surface area (Å²) in [4.78, 5) is 12.7. The number of hydrogen-bond acceptors (Lipinski definition) is 3. The zero-order valence-corrected chi connectivity index (χ0v) is 18.0. The monoisotopic (exact) mass is 454 g/mol. The molecule has 0 aromatic heterocycles. The molecule has 3 rings (SSSR count). The summed E-state index contributed by atoms with van der Waals surface area (Å²) in [5, 5.41) is 2.57. The number of carbonyl (C=O) groups excluding carboxylic acids is 1. The van der Waals surface area contributed by atoms with Crippen molar-refractivity contribution in [1.29, 1.82) is 0 Å². The van der Waals surface area contributed by atoms with Crippen LogP contribution in [0.4, 0.5) is 13.2 Å². The van der Waals surface area contributed by atoms with Crippen molar-refractivity contribution in [2.24, 2.45) is 0 Å². The molecule has 0 spiro atoms. The molecule has 0 radical (unpaired) electrons. The third-order valence-electron chi connectivity index (χ3n) is 5.34. The number of alkyl halides is 3. The highest BCUT2D eigenvalue weighted by Crippen LogP contribution is 2.29. The van der Waals surface area contributed by atoms with Crippen LogP contribution in [0.1, 0.15) is 52.7 Å². The standard InChI is InChI=1S/C22H25F3N2O3S/c1-16-9-10-18(14-20(16)31(29,30)27-11-4-2-3-5-12-27)21(28)26-15-17-7-6-8-19(13-17)22(23,24)25/h6-10,13-14H,2-5,11-12,15H2,1H3,(H,26,28). The summed E-state index contributed by atoms with van der Waals surface area (Å²) < 4.78 is 66.3. The van der Waals surface area contributed by atoms with Gasteiger partial charge in [-0.1, -0.05) is 31.0 Å². The van der Waals surface area contributed by atoms with Gasteiger partial charge in [0, 0.05) is 25.2 Å². The first-order valence-electron chi connectivity index (χ1n) is 10.1. The van der Waals surface area contributed by atoms with E-state index in [0.717, 1.165) is 37.8 Å². The van der Waals surface area contributed by atoms with E-state index in [4.69, 9.17) is 0 Å². The van der Waals surface area contributed by atoms with Gasteiger partial charge in [-0.2, -0.15) is 17.5 Å². The fourth-order valence-electron chi connectivity index (χ4n) is 3.58. The van der Waals surface area contributed by atoms with Crippen LogP contribution in [0, 0.1) is 6.92 Å². The van der Waals surface area contributed by atoms with Crippen LogP contribution in [0.5, 0.6) is 0 Å². The highest BCUT2D eigenvalue weighted by Gasteiger charge is 2.30. The molecule has 0 saturated carbocycles. The first kappa shape index (κ1) is 23.3. The quantitative estimate of drug-likeness (QED) is 0.723. The second-order valence-corrected chi connectivity index (χ2v) is 9.59. The molecule has 9 heteroatoms. The number of rotatable bonds is 5. The second-order valence-electron chi connectivity index (χ2n) is 7.68. The molecule has 1 aliphatic heterocycles. The lowest BCUT2D eigenvalue weighted by atomic mass is 10.1. The number of carbonyl (C=O) groups is 1. The van der Waals surface area contributed by atoms with E-state index in [9.17, 15) is 26.4 Å². The Bertz CT molecular complexity index is 1040. The van der Waals surface area contributed by atoms with Crippen LogP contribution in [-0.2, 0) is 22.7 Å². The number of nitrogens with zero attached hydrogens (tertiary/aromatic N) is 1. The van der Waals surface area contributed by atoms with Crippen LogP contribution < -0.4 is 5.32 Å². The predicted molar refractivity (Wildman–Crippen MR) is 111 cm³/mol. The Balaban J connectivity index is 1.77. The van der Waals surface area contributed by atoms with Crippen molar-refractivity contribution in [3.63, 3.8) is 0 Å². The molecule has 1 saturated heterocycles. The van der Waals surface area contributed by atoms with Gasteiger partial charge in [0.25, 0.3) is 5.91 Å². The highest BCUT2D eigenvalue weighted by atomic mass is 32.2. The fraction of sp³-hybridized carbons (Fsp3) is 0.409. The zero-order chi connectivity index (χ0) is 22.6. The summed E-state index contributed by atoms with van der Waals surface area (Å²) in [5.41, 5.74) is 0.192. The van der Waals surface area contributed by atoms with Crippen molar-refractivity contribution in [2.75, 3.05) is 13.1 Å². The molecule has 31 heavy (non-hydrogen) atoms. The SMILES string of the molecule is Cc1ccc(C(=O)NCc2cccc(C(F)(F)F)c2)cc1S(=O)(=O)N1CCCCCC1. The van der Waals surface area contributed by atoms with Gasteiger partial charge < -0.3 is 5.32 Å². The van der Waals surface area contributed by atoms with Gasteiger partial charge in [0.05, 0.1) is 10.5 Å². The van der Waals surface area contributed by atoms with E-state index in [0.29, 0.717) is 24.2 Å². The van der Waals surface area contributed by atoms with Gasteiger partial charge in [-0.05, 0) is 55.2 Å².